The molecule has 0 unspecified atom stereocenters. The highest BCUT2D eigenvalue weighted by molar-refractivity contribution is 5.75. The molecule has 0 radical (unpaired) electrons. The SMILES string of the molecule is CCCCCCC/C=C/CCCCCCCCC(C)=O. The fourth-order valence-electron chi connectivity index (χ4n) is 2.44. The molecule has 0 N–H and O–H groups in total. The second-order valence-electron chi connectivity index (χ2n) is 6.04. The molecular formula is C19H36O. The summed E-state index contributed by atoms with van der Waals surface area (Å²) in [6.45, 7) is 3.96. The Hall–Kier alpha value is -0.590. The number of ketones is 1. The molecule has 118 valence electrons. The molecule has 0 aromatic carbocycles. The Morgan fingerprint density at radius 3 is 1.65 bits per heavy atom. The summed E-state index contributed by atoms with van der Waals surface area (Å²) < 4.78 is 0. The summed E-state index contributed by atoms with van der Waals surface area (Å²) in [5.41, 5.74) is 0. The minimum absolute atomic E-state index is 0.338. The van der Waals surface area contributed by atoms with Gasteiger partial charge in [0.2, 0.25) is 0 Å². The van der Waals surface area contributed by atoms with Crippen molar-refractivity contribution >= 4 is 5.78 Å². The van der Waals surface area contributed by atoms with Gasteiger partial charge in [0.25, 0.3) is 0 Å². The van der Waals surface area contributed by atoms with Gasteiger partial charge in [-0.2, -0.15) is 0 Å². The van der Waals surface area contributed by atoms with Crippen LogP contribution in [-0.4, -0.2) is 5.78 Å². The molecule has 20 heavy (non-hydrogen) atoms. The topological polar surface area (TPSA) is 17.1 Å². The number of hydrogen-bond acceptors (Lipinski definition) is 1. The third-order valence-corrected chi connectivity index (χ3v) is 3.79. The highest BCUT2D eigenvalue weighted by atomic mass is 16.1. The first-order valence-electron chi connectivity index (χ1n) is 8.91. The van der Waals surface area contributed by atoms with E-state index < -0.39 is 0 Å². The standard InChI is InChI=1S/C19H36O/c1-3-4-5-6-7-8-9-10-11-12-13-14-15-16-17-18-19(2)20/h9-10H,3-8,11-18H2,1-2H3/b10-9+. The molecule has 0 fully saturated rings. The number of allylic oxidation sites excluding steroid dienone is 2. The molecule has 0 bridgehead atoms. The van der Waals surface area contributed by atoms with Crippen LogP contribution in [0.5, 0.6) is 0 Å². The minimum Gasteiger partial charge on any atom is -0.300 e. The van der Waals surface area contributed by atoms with Crippen LogP contribution in [0.2, 0.25) is 0 Å². The molecule has 0 aromatic rings. The van der Waals surface area contributed by atoms with Gasteiger partial charge in [-0.3, -0.25) is 0 Å². The second-order valence-corrected chi connectivity index (χ2v) is 6.04. The molecule has 0 aliphatic rings. The molecule has 0 heterocycles. The lowest BCUT2D eigenvalue weighted by Crippen LogP contribution is -1.89. The fraction of sp³-hybridized carbons (Fsp3) is 0.842. The van der Waals surface area contributed by atoms with Crippen LogP contribution in [0.15, 0.2) is 12.2 Å². The van der Waals surface area contributed by atoms with Gasteiger partial charge in [0.1, 0.15) is 5.78 Å². The van der Waals surface area contributed by atoms with Gasteiger partial charge in [0.15, 0.2) is 0 Å². The molecule has 0 aliphatic heterocycles. The zero-order valence-electron chi connectivity index (χ0n) is 14.0. The van der Waals surface area contributed by atoms with Crippen molar-refractivity contribution in [2.45, 2.75) is 104 Å². The molecule has 0 spiro atoms. The molecule has 0 amide bonds. The van der Waals surface area contributed by atoms with Crippen molar-refractivity contribution in [1.29, 1.82) is 0 Å². The maximum absolute atomic E-state index is 10.8. The maximum atomic E-state index is 10.8. The van der Waals surface area contributed by atoms with Crippen molar-refractivity contribution in [2.24, 2.45) is 0 Å². The van der Waals surface area contributed by atoms with E-state index in [-0.39, 0.29) is 0 Å². The summed E-state index contributed by atoms with van der Waals surface area (Å²) in [4.78, 5) is 10.8. The lowest BCUT2D eigenvalue weighted by Gasteiger charge is -1.99. The zero-order chi connectivity index (χ0) is 14.9. The Kier molecular flexibility index (Phi) is 16.0. The smallest absolute Gasteiger partial charge is 0.129 e. The second kappa shape index (κ2) is 16.5. The van der Waals surface area contributed by atoms with E-state index in [4.69, 9.17) is 0 Å². The summed E-state index contributed by atoms with van der Waals surface area (Å²) in [7, 11) is 0. The first kappa shape index (κ1) is 19.4. The zero-order valence-corrected chi connectivity index (χ0v) is 14.0. The van der Waals surface area contributed by atoms with Gasteiger partial charge >= 0.3 is 0 Å². The van der Waals surface area contributed by atoms with Crippen molar-refractivity contribution in [3.63, 3.8) is 0 Å². The molecule has 0 aliphatic carbocycles. The number of carbonyl (C=O) groups is 1. The fourth-order valence-corrected chi connectivity index (χ4v) is 2.44. The third kappa shape index (κ3) is 17.4. The summed E-state index contributed by atoms with van der Waals surface area (Å²) in [5.74, 6) is 0.338. The molecule has 0 saturated heterocycles. The van der Waals surface area contributed by atoms with Gasteiger partial charge in [-0.05, 0) is 39.0 Å². The van der Waals surface area contributed by atoms with Crippen molar-refractivity contribution in [2.75, 3.05) is 0 Å². The summed E-state index contributed by atoms with van der Waals surface area (Å²) in [5, 5.41) is 0. The molecule has 0 rings (SSSR count). The van der Waals surface area contributed by atoms with E-state index in [1.807, 2.05) is 0 Å². The Morgan fingerprint density at radius 1 is 0.700 bits per heavy atom. The van der Waals surface area contributed by atoms with Crippen molar-refractivity contribution in [1.82, 2.24) is 0 Å². The molecule has 0 atom stereocenters. The average Bonchev–Trinajstić information content (AvgIpc) is 2.43. The highest BCUT2D eigenvalue weighted by Gasteiger charge is 1.94. The number of Topliss-reactive ketones (excluding diaryl/α,β-unsaturated/α-hetero) is 1. The number of hydrogen-bond donors (Lipinski definition) is 0. The first-order valence-corrected chi connectivity index (χ1v) is 8.91. The van der Waals surface area contributed by atoms with Crippen molar-refractivity contribution in [3.8, 4) is 0 Å². The molecule has 1 nitrogen and oxygen atoms in total. The Morgan fingerprint density at radius 2 is 1.15 bits per heavy atom. The van der Waals surface area contributed by atoms with Crippen LogP contribution in [0.3, 0.4) is 0 Å². The lowest BCUT2D eigenvalue weighted by atomic mass is 10.1. The monoisotopic (exact) mass is 280 g/mol. The van der Waals surface area contributed by atoms with E-state index in [9.17, 15) is 4.79 Å². The van der Waals surface area contributed by atoms with Gasteiger partial charge in [-0.1, -0.05) is 70.4 Å². The number of rotatable bonds is 15. The van der Waals surface area contributed by atoms with E-state index in [1.54, 1.807) is 6.92 Å². The molecule has 1 heteroatoms. The summed E-state index contributed by atoms with van der Waals surface area (Å²) >= 11 is 0. The summed E-state index contributed by atoms with van der Waals surface area (Å²) in [6.07, 6.45) is 22.6. The predicted octanol–water partition coefficient (Wildman–Crippen LogP) is 6.61. The van der Waals surface area contributed by atoms with Crippen LogP contribution in [0.4, 0.5) is 0 Å². The first-order chi connectivity index (χ1) is 9.77. The Balaban J connectivity index is 3.06. The van der Waals surface area contributed by atoms with Gasteiger partial charge in [-0.15, -0.1) is 0 Å². The average molecular weight is 280 g/mol. The van der Waals surface area contributed by atoms with Crippen LogP contribution in [0, 0.1) is 0 Å². The maximum Gasteiger partial charge on any atom is 0.129 e. The lowest BCUT2D eigenvalue weighted by molar-refractivity contribution is -0.117. The van der Waals surface area contributed by atoms with Gasteiger partial charge in [0.05, 0.1) is 0 Å². The molecular weight excluding hydrogens is 244 g/mol. The Labute approximate surface area is 127 Å². The van der Waals surface area contributed by atoms with Gasteiger partial charge < -0.3 is 4.79 Å². The third-order valence-electron chi connectivity index (χ3n) is 3.79. The van der Waals surface area contributed by atoms with E-state index in [2.05, 4.69) is 19.1 Å². The Bertz CT molecular complexity index is 230. The molecule has 0 aromatic heterocycles. The van der Waals surface area contributed by atoms with E-state index in [0.717, 1.165) is 12.8 Å². The minimum atomic E-state index is 0.338. The molecule has 0 saturated carbocycles. The van der Waals surface area contributed by atoms with Crippen molar-refractivity contribution in [3.05, 3.63) is 12.2 Å². The summed E-state index contributed by atoms with van der Waals surface area (Å²) in [6, 6.07) is 0. The van der Waals surface area contributed by atoms with Crippen LogP contribution in [0.25, 0.3) is 0 Å². The van der Waals surface area contributed by atoms with Crippen LogP contribution in [-0.2, 0) is 4.79 Å². The predicted molar refractivity (Wildman–Crippen MR) is 90.1 cm³/mol. The van der Waals surface area contributed by atoms with E-state index >= 15 is 0 Å². The highest BCUT2D eigenvalue weighted by Crippen LogP contribution is 2.10. The van der Waals surface area contributed by atoms with Crippen LogP contribution < -0.4 is 0 Å². The van der Waals surface area contributed by atoms with Gasteiger partial charge in [0, 0.05) is 6.42 Å². The van der Waals surface area contributed by atoms with E-state index in [1.165, 1.54) is 77.0 Å². The number of carbonyl (C=O) groups excluding carboxylic acids is 1. The van der Waals surface area contributed by atoms with Crippen LogP contribution in [0.1, 0.15) is 104 Å². The number of unbranched alkanes of at least 4 members (excludes halogenated alkanes) is 11. The normalized spacial score (nSPS) is 11.3. The van der Waals surface area contributed by atoms with Crippen LogP contribution >= 0.6 is 0 Å². The quantitative estimate of drug-likeness (QED) is 0.243. The largest absolute Gasteiger partial charge is 0.300 e. The van der Waals surface area contributed by atoms with Crippen molar-refractivity contribution < 1.29 is 4.79 Å². The van der Waals surface area contributed by atoms with E-state index in [0.29, 0.717) is 5.78 Å². The van der Waals surface area contributed by atoms with Gasteiger partial charge in [-0.25, -0.2) is 0 Å².